The van der Waals surface area contributed by atoms with Gasteiger partial charge in [0.25, 0.3) is 0 Å². The molecule has 2 heteroatoms. The third kappa shape index (κ3) is 5.03. The number of benzene rings is 1. The van der Waals surface area contributed by atoms with E-state index in [2.05, 4.69) is 26.1 Å². The number of nitrogens with one attached hydrogen (secondary N) is 1. The van der Waals surface area contributed by atoms with Crippen LogP contribution in [0.3, 0.4) is 0 Å². The quantitative estimate of drug-likeness (QED) is 0.738. The van der Waals surface area contributed by atoms with Crippen molar-refractivity contribution in [2.24, 2.45) is 11.3 Å². The van der Waals surface area contributed by atoms with Crippen LogP contribution in [0.4, 0.5) is 0 Å². The third-order valence-electron chi connectivity index (χ3n) is 5.29. The predicted octanol–water partition coefficient (Wildman–Crippen LogP) is 4.65. The Morgan fingerprint density at radius 3 is 2.38 bits per heavy atom. The van der Waals surface area contributed by atoms with Gasteiger partial charge < -0.3 is 10.1 Å². The van der Waals surface area contributed by atoms with E-state index in [1.54, 1.807) is 0 Å². The first-order valence-corrected chi connectivity index (χ1v) is 8.53. The fraction of sp³-hybridized carbons (Fsp3) is 0.684. The maximum absolute atomic E-state index is 5.73. The van der Waals surface area contributed by atoms with Crippen molar-refractivity contribution in [3.63, 3.8) is 0 Å². The van der Waals surface area contributed by atoms with E-state index in [1.807, 2.05) is 30.3 Å². The number of para-hydroxylation sites is 1. The molecule has 21 heavy (non-hydrogen) atoms. The van der Waals surface area contributed by atoms with Crippen molar-refractivity contribution in [1.82, 2.24) is 5.32 Å². The van der Waals surface area contributed by atoms with Gasteiger partial charge in [-0.05, 0) is 49.1 Å². The molecule has 0 aliphatic heterocycles. The average molecular weight is 289 g/mol. The zero-order chi connectivity index (χ0) is 15.1. The summed E-state index contributed by atoms with van der Waals surface area (Å²) in [6, 6.07) is 10.8. The lowest BCUT2D eigenvalue weighted by Gasteiger charge is -2.39. The van der Waals surface area contributed by atoms with Crippen molar-refractivity contribution in [3.8, 4) is 5.75 Å². The standard InChI is InChI=1S/C19H31NO/c1-4-19(2,3)16-10-12-17(13-11-16)20-14-15-21-18-8-6-5-7-9-18/h5-9,16-17,20H,4,10-15H2,1-3H3. The molecule has 2 nitrogen and oxygen atoms in total. The molecule has 1 aromatic carbocycles. The second-order valence-corrected chi connectivity index (χ2v) is 7.01. The largest absolute Gasteiger partial charge is 0.492 e. The van der Waals surface area contributed by atoms with Gasteiger partial charge in [-0.1, -0.05) is 45.4 Å². The van der Waals surface area contributed by atoms with Crippen LogP contribution in [0.15, 0.2) is 30.3 Å². The molecule has 1 aromatic rings. The molecule has 0 amide bonds. The molecule has 1 aliphatic rings. The van der Waals surface area contributed by atoms with E-state index < -0.39 is 0 Å². The summed E-state index contributed by atoms with van der Waals surface area (Å²) in [7, 11) is 0. The first-order chi connectivity index (χ1) is 10.1. The average Bonchev–Trinajstić information content (AvgIpc) is 2.53. The van der Waals surface area contributed by atoms with Gasteiger partial charge >= 0.3 is 0 Å². The minimum atomic E-state index is 0.515. The molecule has 0 aromatic heterocycles. The van der Waals surface area contributed by atoms with Gasteiger partial charge in [0.2, 0.25) is 0 Å². The lowest BCUT2D eigenvalue weighted by atomic mass is 9.69. The van der Waals surface area contributed by atoms with E-state index in [9.17, 15) is 0 Å². The molecule has 1 N–H and O–H groups in total. The molecular weight excluding hydrogens is 258 g/mol. The van der Waals surface area contributed by atoms with Crippen LogP contribution in [-0.2, 0) is 0 Å². The van der Waals surface area contributed by atoms with E-state index >= 15 is 0 Å². The summed E-state index contributed by atoms with van der Waals surface area (Å²) >= 11 is 0. The van der Waals surface area contributed by atoms with E-state index in [4.69, 9.17) is 4.74 Å². The molecule has 0 atom stereocenters. The molecule has 1 fully saturated rings. The van der Waals surface area contributed by atoms with Crippen LogP contribution < -0.4 is 10.1 Å². The number of hydrogen-bond acceptors (Lipinski definition) is 2. The van der Waals surface area contributed by atoms with Crippen molar-refractivity contribution in [2.45, 2.75) is 58.9 Å². The molecule has 0 radical (unpaired) electrons. The van der Waals surface area contributed by atoms with Gasteiger partial charge in [0.1, 0.15) is 12.4 Å². The first kappa shape index (κ1) is 16.4. The molecule has 2 rings (SSSR count). The maximum Gasteiger partial charge on any atom is 0.119 e. The Balaban J connectivity index is 1.61. The number of ether oxygens (including phenoxy) is 1. The SMILES string of the molecule is CCC(C)(C)C1CCC(NCCOc2ccccc2)CC1. The molecule has 0 bridgehead atoms. The molecule has 0 saturated heterocycles. The minimum Gasteiger partial charge on any atom is -0.492 e. The van der Waals surface area contributed by atoms with Crippen LogP contribution in [0.25, 0.3) is 0 Å². The summed E-state index contributed by atoms with van der Waals surface area (Å²) in [4.78, 5) is 0. The zero-order valence-electron chi connectivity index (χ0n) is 13.9. The van der Waals surface area contributed by atoms with Crippen LogP contribution in [0.1, 0.15) is 52.9 Å². The highest BCUT2D eigenvalue weighted by Gasteiger charge is 2.31. The fourth-order valence-corrected chi connectivity index (χ4v) is 3.32. The minimum absolute atomic E-state index is 0.515. The Kier molecular flexibility index (Phi) is 6.10. The van der Waals surface area contributed by atoms with Crippen LogP contribution in [0, 0.1) is 11.3 Å². The molecule has 118 valence electrons. The Bertz CT molecular complexity index is 393. The summed E-state index contributed by atoms with van der Waals surface area (Å²) in [6.45, 7) is 8.88. The highest BCUT2D eigenvalue weighted by molar-refractivity contribution is 5.20. The van der Waals surface area contributed by atoms with E-state index in [1.165, 1.54) is 32.1 Å². The van der Waals surface area contributed by atoms with Gasteiger partial charge in [0.15, 0.2) is 0 Å². The van der Waals surface area contributed by atoms with Gasteiger partial charge in [0.05, 0.1) is 0 Å². The highest BCUT2D eigenvalue weighted by Crippen LogP contribution is 2.40. The van der Waals surface area contributed by atoms with Crippen LogP contribution >= 0.6 is 0 Å². The second kappa shape index (κ2) is 7.84. The summed E-state index contributed by atoms with van der Waals surface area (Å²) < 4.78 is 5.73. The smallest absolute Gasteiger partial charge is 0.119 e. The molecular formula is C19H31NO. The predicted molar refractivity (Wildman–Crippen MR) is 89.8 cm³/mol. The van der Waals surface area contributed by atoms with Crippen molar-refractivity contribution in [1.29, 1.82) is 0 Å². The van der Waals surface area contributed by atoms with Gasteiger partial charge in [-0.3, -0.25) is 0 Å². The zero-order valence-corrected chi connectivity index (χ0v) is 13.9. The molecule has 1 saturated carbocycles. The summed E-state index contributed by atoms with van der Waals surface area (Å²) in [5.74, 6) is 1.87. The van der Waals surface area contributed by atoms with E-state index in [-0.39, 0.29) is 0 Å². The van der Waals surface area contributed by atoms with E-state index in [0.717, 1.165) is 24.8 Å². The Labute approximate surface area is 130 Å². The Hall–Kier alpha value is -1.02. The second-order valence-electron chi connectivity index (χ2n) is 7.01. The molecule has 0 spiro atoms. The maximum atomic E-state index is 5.73. The van der Waals surface area contributed by atoms with Crippen molar-refractivity contribution < 1.29 is 4.74 Å². The van der Waals surface area contributed by atoms with Crippen molar-refractivity contribution >= 4 is 0 Å². The lowest BCUT2D eigenvalue weighted by Crippen LogP contribution is -2.38. The molecule has 1 aliphatic carbocycles. The summed E-state index contributed by atoms with van der Waals surface area (Å²) in [5, 5.41) is 3.66. The normalized spacial score (nSPS) is 23.0. The van der Waals surface area contributed by atoms with E-state index in [0.29, 0.717) is 11.5 Å². The van der Waals surface area contributed by atoms with Gasteiger partial charge in [-0.15, -0.1) is 0 Å². The fourth-order valence-electron chi connectivity index (χ4n) is 3.32. The van der Waals surface area contributed by atoms with Crippen molar-refractivity contribution in [3.05, 3.63) is 30.3 Å². The molecule has 0 heterocycles. The topological polar surface area (TPSA) is 21.3 Å². The highest BCUT2D eigenvalue weighted by atomic mass is 16.5. The van der Waals surface area contributed by atoms with Gasteiger partial charge in [0, 0.05) is 12.6 Å². The number of hydrogen-bond donors (Lipinski definition) is 1. The summed E-state index contributed by atoms with van der Waals surface area (Å²) in [5.41, 5.74) is 0.515. The van der Waals surface area contributed by atoms with Crippen LogP contribution in [0.5, 0.6) is 5.75 Å². The van der Waals surface area contributed by atoms with Crippen molar-refractivity contribution in [2.75, 3.05) is 13.2 Å². The summed E-state index contributed by atoms with van der Waals surface area (Å²) in [6.07, 6.45) is 6.68. The van der Waals surface area contributed by atoms with Crippen LogP contribution in [-0.4, -0.2) is 19.2 Å². The van der Waals surface area contributed by atoms with Gasteiger partial charge in [-0.2, -0.15) is 0 Å². The Morgan fingerprint density at radius 2 is 1.76 bits per heavy atom. The van der Waals surface area contributed by atoms with Gasteiger partial charge in [-0.25, -0.2) is 0 Å². The Morgan fingerprint density at radius 1 is 1.10 bits per heavy atom. The first-order valence-electron chi connectivity index (χ1n) is 8.53. The van der Waals surface area contributed by atoms with Crippen LogP contribution in [0.2, 0.25) is 0 Å². The monoisotopic (exact) mass is 289 g/mol. The number of rotatable bonds is 7. The third-order valence-corrected chi connectivity index (χ3v) is 5.29. The molecule has 0 unspecified atom stereocenters. The lowest BCUT2D eigenvalue weighted by molar-refractivity contribution is 0.135.